The highest BCUT2D eigenvalue weighted by Gasteiger charge is 2.22. The number of carboxylic acids is 1. The lowest BCUT2D eigenvalue weighted by Gasteiger charge is -2.19. The normalized spacial score (nSPS) is 11.5. The molecule has 28 heavy (non-hydrogen) atoms. The Morgan fingerprint density at radius 3 is 2.07 bits per heavy atom. The summed E-state index contributed by atoms with van der Waals surface area (Å²) >= 11 is 0. The van der Waals surface area contributed by atoms with Crippen LogP contribution in [0.15, 0.2) is 78.9 Å². The lowest BCUT2D eigenvalue weighted by atomic mass is 10.0. The first kappa shape index (κ1) is 19.2. The molecule has 0 radical (unpaired) electrons. The molecule has 5 nitrogen and oxygen atoms in total. The van der Waals surface area contributed by atoms with E-state index in [-0.39, 0.29) is 12.2 Å². The third kappa shape index (κ3) is 4.57. The van der Waals surface area contributed by atoms with Gasteiger partial charge in [0.25, 0.3) is 0 Å². The van der Waals surface area contributed by atoms with Crippen LogP contribution in [0.5, 0.6) is 0 Å². The summed E-state index contributed by atoms with van der Waals surface area (Å²) in [4.78, 5) is 23.5. The molecule has 0 amide bonds. The van der Waals surface area contributed by atoms with E-state index in [4.69, 9.17) is 9.84 Å². The molecule has 0 aliphatic heterocycles. The number of ether oxygens (including phenoxy) is 1. The van der Waals surface area contributed by atoms with Crippen LogP contribution in [0.25, 0.3) is 11.1 Å². The second-order valence-electron chi connectivity index (χ2n) is 6.20. The van der Waals surface area contributed by atoms with Gasteiger partial charge in [-0.2, -0.15) is 0 Å². The van der Waals surface area contributed by atoms with Crippen LogP contribution in [0.2, 0.25) is 0 Å². The van der Waals surface area contributed by atoms with Gasteiger partial charge in [-0.3, -0.25) is 0 Å². The van der Waals surface area contributed by atoms with Crippen molar-refractivity contribution >= 4 is 17.6 Å². The minimum absolute atomic E-state index is 0.186. The number of aromatic carboxylic acids is 1. The maximum absolute atomic E-state index is 12.5. The number of anilines is 1. The summed E-state index contributed by atoms with van der Waals surface area (Å²) in [6.07, 6.45) is 0. The third-order valence-corrected chi connectivity index (χ3v) is 4.32. The summed E-state index contributed by atoms with van der Waals surface area (Å²) < 4.78 is 5.21. The van der Waals surface area contributed by atoms with E-state index in [1.165, 1.54) is 12.1 Å². The Labute approximate surface area is 163 Å². The number of hydrogen-bond acceptors (Lipinski definition) is 4. The Balaban J connectivity index is 1.85. The molecule has 0 aliphatic carbocycles. The Hall–Kier alpha value is -3.60. The van der Waals surface area contributed by atoms with E-state index in [1.54, 1.807) is 19.1 Å². The molecular formula is C23H21NO4. The van der Waals surface area contributed by atoms with Gasteiger partial charge in [-0.1, -0.05) is 54.6 Å². The van der Waals surface area contributed by atoms with Crippen LogP contribution in [0.3, 0.4) is 0 Å². The van der Waals surface area contributed by atoms with Crippen molar-refractivity contribution in [3.05, 3.63) is 90.0 Å². The molecule has 0 heterocycles. The van der Waals surface area contributed by atoms with Crippen molar-refractivity contribution in [3.63, 3.8) is 0 Å². The standard InChI is InChI=1S/C23H21NO4/c1-2-28-23(27)21(24-20-14-12-19(13-15-20)22(25)26)18-10-8-17(9-11-18)16-6-4-3-5-7-16/h3-15,21,24H,2H2,1H3,(H,25,26). The number of rotatable bonds is 7. The van der Waals surface area contributed by atoms with Gasteiger partial charge in [0.05, 0.1) is 12.2 Å². The fraction of sp³-hybridized carbons (Fsp3) is 0.130. The van der Waals surface area contributed by atoms with Crippen molar-refractivity contribution < 1.29 is 19.4 Å². The summed E-state index contributed by atoms with van der Waals surface area (Å²) in [5, 5.41) is 12.2. The first-order valence-electron chi connectivity index (χ1n) is 9.00. The lowest BCUT2D eigenvalue weighted by molar-refractivity contribution is -0.144. The number of hydrogen-bond donors (Lipinski definition) is 2. The third-order valence-electron chi connectivity index (χ3n) is 4.32. The van der Waals surface area contributed by atoms with Gasteiger partial charge in [0.15, 0.2) is 6.04 Å². The summed E-state index contributed by atoms with van der Waals surface area (Å²) in [6.45, 7) is 2.03. The van der Waals surface area contributed by atoms with Crippen molar-refractivity contribution in [3.8, 4) is 11.1 Å². The van der Waals surface area contributed by atoms with E-state index in [0.29, 0.717) is 5.69 Å². The Kier molecular flexibility index (Phi) is 6.07. The highest BCUT2D eigenvalue weighted by Crippen LogP contribution is 2.25. The molecule has 0 fully saturated rings. The minimum atomic E-state index is -0.995. The largest absolute Gasteiger partial charge is 0.478 e. The SMILES string of the molecule is CCOC(=O)C(Nc1ccc(C(=O)O)cc1)c1ccc(-c2ccccc2)cc1. The molecule has 0 spiro atoms. The molecule has 2 N–H and O–H groups in total. The van der Waals surface area contributed by atoms with Crippen LogP contribution in [0.1, 0.15) is 28.9 Å². The predicted molar refractivity (Wildman–Crippen MR) is 108 cm³/mol. The quantitative estimate of drug-likeness (QED) is 0.582. The summed E-state index contributed by atoms with van der Waals surface area (Å²) in [5.41, 5.74) is 3.73. The molecule has 0 saturated heterocycles. The number of esters is 1. The molecule has 3 aromatic carbocycles. The number of carbonyl (C=O) groups is 2. The second kappa shape index (κ2) is 8.86. The molecule has 1 atom stereocenters. The number of carbonyl (C=O) groups excluding carboxylic acids is 1. The lowest BCUT2D eigenvalue weighted by Crippen LogP contribution is -2.23. The van der Waals surface area contributed by atoms with Crippen LogP contribution in [-0.2, 0) is 9.53 Å². The second-order valence-corrected chi connectivity index (χ2v) is 6.20. The maximum Gasteiger partial charge on any atom is 0.335 e. The van der Waals surface area contributed by atoms with E-state index in [9.17, 15) is 9.59 Å². The highest BCUT2D eigenvalue weighted by molar-refractivity contribution is 5.88. The summed E-state index contributed by atoms with van der Waals surface area (Å²) in [7, 11) is 0. The molecule has 3 rings (SSSR count). The number of carboxylic acid groups (broad SMARTS) is 1. The molecule has 0 bridgehead atoms. The highest BCUT2D eigenvalue weighted by atomic mass is 16.5. The molecule has 1 unspecified atom stereocenters. The predicted octanol–water partition coefficient (Wildman–Crippen LogP) is 4.77. The minimum Gasteiger partial charge on any atom is -0.478 e. The average molecular weight is 375 g/mol. The summed E-state index contributed by atoms with van der Waals surface area (Å²) in [5.74, 6) is -1.39. The smallest absolute Gasteiger partial charge is 0.335 e. The summed E-state index contributed by atoms with van der Waals surface area (Å²) in [6, 6.07) is 23.2. The van der Waals surface area contributed by atoms with Gasteiger partial charge < -0.3 is 15.2 Å². The van der Waals surface area contributed by atoms with Crippen LogP contribution in [0, 0.1) is 0 Å². The van der Waals surface area contributed by atoms with E-state index in [1.807, 2.05) is 54.6 Å². The fourth-order valence-corrected chi connectivity index (χ4v) is 2.88. The van der Waals surface area contributed by atoms with Crippen molar-refractivity contribution in [2.24, 2.45) is 0 Å². The van der Waals surface area contributed by atoms with Crippen LogP contribution in [0.4, 0.5) is 5.69 Å². The first-order chi connectivity index (χ1) is 13.6. The molecule has 0 aromatic heterocycles. The first-order valence-corrected chi connectivity index (χ1v) is 9.00. The molecule has 0 saturated carbocycles. The molecule has 5 heteroatoms. The van der Waals surface area contributed by atoms with Crippen molar-refractivity contribution in [1.29, 1.82) is 0 Å². The topological polar surface area (TPSA) is 75.6 Å². The van der Waals surface area contributed by atoms with Gasteiger partial charge in [-0.05, 0) is 47.9 Å². The van der Waals surface area contributed by atoms with Gasteiger partial charge in [0, 0.05) is 5.69 Å². The van der Waals surface area contributed by atoms with Crippen molar-refractivity contribution in [2.75, 3.05) is 11.9 Å². The Morgan fingerprint density at radius 2 is 1.50 bits per heavy atom. The number of nitrogens with one attached hydrogen (secondary N) is 1. The zero-order valence-electron chi connectivity index (χ0n) is 15.5. The van der Waals surface area contributed by atoms with E-state index in [2.05, 4.69) is 5.32 Å². The molecule has 3 aromatic rings. The van der Waals surface area contributed by atoms with Crippen LogP contribution in [-0.4, -0.2) is 23.7 Å². The maximum atomic E-state index is 12.5. The Bertz CT molecular complexity index is 935. The van der Waals surface area contributed by atoms with Crippen LogP contribution >= 0.6 is 0 Å². The van der Waals surface area contributed by atoms with Crippen molar-refractivity contribution in [2.45, 2.75) is 13.0 Å². The zero-order chi connectivity index (χ0) is 19.9. The molecule has 0 aliphatic rings. The zero-order valence-corrected chi connectivity index (χ0v) is 15.5. The van der Waals surface area contributed by atoms with E-state index in [0.717, 1.165) is 16.7 Å². The monoisotopic (exact) mass is 375 g/mol. The van der Waals surface area contributed by atoms with E-state index < -0.39 is 18.0 Å². The van der Waals surface area contributed by atoms with Crippen molar-refractivity contribution in [1.82, 2.24) is 0 Å². The fourth-order valence-electron chi connectivity index (χ4n) is 2.88. The van der Waals surface area contributed by atoms with Gasteiger partial charge in [-0.25, -0.2) is 9.59 Å². The van der Waals surface area contributed by atoms with Gasteiger partial charge in [0.1, 0.15) is 0 Å². The molecular weight excluding hydrogens is 354 g/mol. The Morgan fingerprint density at radius 1 is 0.893 bits per heavy atom. The average Bonchev–Trinajstić information content (AvgIpc) is 2.73. The van der Waals surface area contributed by atoms with Crippen LogP contribution < -0.4 is 5.32 Å². The van der Waals surface area contributed by atoms with Gasteiger partial charge in [0.2, 0.25) is 0 Å². The van der Waals surface area contributed by atoms with Gasteiger partial charge in [-0.15, -0.1) is 0 Å². The van der Waals surface area contributed by atoms with Gasteiger partial charge >= 0.3 is 11.9 Å². The number of benzene rings is 3. The van der Waals surface area contributed by atoms with E-state index >= 15 is 0 Å². The molecule has 142 valence electrons.